The molecule has 1 aromatic carbocycles. The molecule has 0 radical (unpaired) electrons. The summed E-state index contributed by atoms with van der Waals surface area (Å²) < 4.78 is 22.8. The minimum atomic E-state index is -0.684. The molecule has 51 heavy (non-hydrogen) atoms. The van der Waals surface area contributed by atoms with E-state index in [0.717, 1.165) is 48.4 Å². The van der Waals surface area contributed by atoms with Crippen LogP contribution in [0.1, 0.15) is 104 Å². The summed E-state index contributed by atoms with van der Waals surface area (Å²) in [7, 11) is 0. The van der Waals surface area contributed by atoms with Gasteiger partial charge in [0.15, 0.2) is 5.69 Å². The van der Waals surface area contributed by atoms with E-state index >= 15 is 0 Å². The molecular weight excluding hydrogens is 652 g/mol. The quantitative estimate of drug-likeness (QED) is 0.234. The molecule has 3 aromatic rings. The summed E-state index contributed by atoms with van der Waals surface area (Å²) in [6.07, 6.45) is 4.76. The number of benzene rings is 1. The first-order chi connectivity index (χ1) is 23.6. The molecule has 0 aliphatic carbocycles. The Morgan fingerprint density at radius 1 is 1.02 bits per heavy atom. The summed E-state index contributed by atoms with van der Waals surface area (Å²) in [5.41, 5.74) is 1.75. The maximum Gasteiger partial charge on any atom is 0.414 e. The zero-order valence-corrected chi connectivity index (χ0v) is 31.5. The fourth-order valence-corrected chi connectivity index (χ4v) is 6.34. The van der Waals surface area contributed by atoms with Gasteiger partial charge in [-0.1, -0.05) is 0 Å². The maximum absolute atomic E-state index is 13.5. The van der Waals surface area contributed by atoms with Gasteiger partial charge in [0.25, 0.3) is 5.91 Å². The maximum atomic E-state index is 13.5. The molecule has 276 valence electrons. The Bertz CT molecular complexity index is 1770. The number of carbonyl (C=O) groups excluding carboxylic acids is 3. The zero-order chi connectivity index (χ0) is 37.4. The highest BCUT2D eigenvalue weighted by Crippen LogP contribution is 2.41. The average molecular weight is 705 g/mol. The van der Waals surface area contributed by atoms with Crippen LogP contribution in [0.25, 0.3) is 11.5 Å². The predicted octanol–water partition coefficient (Wildman–Crippen LogP) is 6.58. The number of alkyl carbamates (subject to hydrolysis) is 1. The van der Waals surface area contributed by atoms with Crippen LogP contribution in [0.15, 0.2) is 41.1 Å². The molecular formula is C38H52N6O7. The SMILES string of the molecule is CC(C)(C)NC(=O)Oc1cc(-c2nc(C(=O)NC(C)(C)Cc3cc4c(cc3N3CCC[C@@H](NC(=O)OC(C)(C)C)C3)OC(C)(C)C4)co2)ccn1. The molecule has 2 aliphatic heterocycles. The lowest BCUT2D eigenvalue weighted by Crippen LogP contribution is -2.49. The Balaban J connectivity index is 1.31. The molecule has 1 saturated heterocycles. The number of piperidine rings is 1. The Morgan fingerprint density at radius 3 is 2.47 bits per heavy atom. The van der Waals surface area contributed by atoms with Crippen molar-refractivity contribution in [3.05, 3.63) is 53.5 Å². The minimum absolute atomic E-state index is 0.0687. The summed E-state index contributed by atoms with van der Waals surface area (Å²) in [6.45, 7) is 20.6. The molecule has 5 rings (SSSR count). The van der Waals surface area contributed by atoms with Crippen LogP contribution >= 0.6 is 0 Å². The monoisotopic (exact) mass is 704 g/mol. The number of oxazole rings is 1. The van der Waals surface area contributed by atoms with Crippen molar-refractivity contribution in [2.24, 2.45) is 0 Å². The molecule has 3 N–H and O–H groups in total. The number of pyridine rings is 1. The van der Waals surface area contributed by atoms with Crippen molar-refractivity contribution in [1.29, 1.82) is 0 Å². The van der Waals surface area contributed by atoms with Crippen LogP contribution in [0.5, 0.6) is 11.6 Å². The first-order valence-electron chi connectivity index (χ1n) is 17.5. The van der Waals surface area contributed by atoms with E-state index in [-0.39, 0.29) is 29.1 Å². The lowest BCUT2D eigenvalue weighted by Gasteiger charge is -2.37. The number of ether oxygens (including phenoxy) is 3. The first kappa shape index (κ1) is 37.4. The number of hydrogen-bond acceptors (Lipinski definition) is 10. The van der Waals surface area contributed by atoms with Crippen LogP contribution in [-0.4, -0.2) is 69.5 Å². The second-order valence-corrected chi connectivity index (χ2v) is 16.8. The molecule has 0 saturated carbocycles. The number of aromatic nitrogens is 2. The first-order valence-corrected chi connectivity index (χ1v) is 17.5. The number of carbonyl (C=O) groups is 3. The van der Waals surface area contributed by atoms with Crippen molar-refractivity contribution >= 4 is 23.8 Å². The number of rotatable bonds is 8. The normalized spacial score (nSPS) is 17.2. The van der Waals surface area contributed by atoms with Gasteiger partial charge in [0.2, 0.25) is 11.8 Å². The Labute approximate surface area is 300 Å². The molecule has 13 nitrogen and oxygen atoms in total. The number of anilines is 1. The third-order valence-corrected chi connectivity index (χ3v) is 8.22. The van der Waals surface area contributed by atoms with E-state index in [4.69, 9.17) is 18.6 Å². The summed E-state index contributed by atoms with van der Waals surface area (Å²) in [4.78, 5) is 49.2. The van der Waals surface area contributed by atoms with Crippen molar-refractivity contribution in [2.45, 2.75) is 123 Å². The van der Waals surface area contributed by atoms with Crippen LogP contribution in [-0.2, 0) is 17.6 Å². The van der Waals surface area contributed by atoms with Gasteiger partial charge < -0.3 is 39.5 Å². The topological polar surface area (TPSA) is 157 Å². The third kappa shape index (κ3) is 10.4. The summed E-state index contributed by atoms with van der Waals surface area (Å²) in [6, 6.07) is 7.40. The van der Waals surface area contributed by atoms with E-state index in [1.807, 2.05) is 55.4 Å². The Hall–Kier alpha value is -4.81. The molecule has 0 spiro atoms. The fourth-order valence-electron chi connectivity index (χ4n) is 6.34. The van der Waals surface area contributed by atoms with Crippen LogP contribution in [0.3, 0.4) is 0 Å². The van der Waals surface area contributed by atoms with Gasteiger partial charge in [-0.3, -0.25) is 4.79 Å². The molecule has 13 heteroatoms. The smallest absolute Gasteiger partial charge is 0.414 e. The second-order valence-electron chi connectivity index (χ2n) is 16.8. The van der Waals surface area contributed by atoms with Crippen molar-refractivity contribution in [3.8, 4) is 23.1 Å². The number of nitrogens with zero attached hydrogens (tertiary/aromatic N) is 3. The lowest BCUT2D eigenvalue weighted by molar-refractivity contribution is 0.0499. The molecule has 1 atom stereocenters. The van der Waals surface area contributed by atoms with E-state index in [2.05, 4.69) is 56.8 Å². The summed E-state index contributed by atoms with van der Waals surface area (Å²) in [5.74, 6) is 0.720. The molecule has 4 heterocycles. The molecule has 0 unspecified atom stereocenters. The number of amides is 3. The van der Waals surface area contributed by atoms with Gasteiger partial charge in [-0.15, -0.1) is 0 Å². The van der Waals surface area contributed by atoms with E-state index in [0.29, 0.717) is 18.5 Å². The standard InChI is InChI=1S/C38H52N6O7/c1-35(2,3)43-34(47)49-30-17-23(13-14-39-30)32-41-27(22-48-32)31(45)42-37(7,8)19-24-16-25-20-38(9,10)50-29(25)18-28(24)44-15-11-12-26(21-44)40-33(46)51-36(4,5)6/h13-14,16-18,22,26H,11-12,15,19-21H2,1-10H3,(H,40,46)(H,42,45)(H,43,47)/t26-/m1/s1. The largest absolute Gasteiger partial charge is 0.487 e. The van der Waals surface area contributed by atoms with Crippen LogP contribution in [0.2, 0.25) is 0 Å². The van der Waals surface area contributed by atoms with Gasteiger partial charge in [-0.05, 0) is 112 Å². The van der Waals surface area contributed by atoms with Gasteiger partial charge in [-0.25, -0.2) is 19.6 Å². The highest BCUT2D eigenvalue weighted by Gasteiger charge is 2.34. The molecule has 1 fully saturated rings. The lowest BCUT2D eigenvalue weighted by atomic mass is 9.90. The van der Waals surface area contributed by atoms with Crippen LogP contribution in [0.4, 0.5) is 15.3 Å². The van der Waals surface area contributed by atoms with Crippen molar-refractivity contribution < 1.29 is 33.0 Å². The zero-order valence-electron chi connectivity index (χ0n) is 31.5. The second kappa shape index (κ2) is 14.1. The van der Waals surface area contributed by atoms with Crippen LogP contribution in [0, 0.1) is 0 Å². The van der Waals surface area contributed by atoms with Crippen molar-refractivity contribution in [3.63, 3.8) is 0 Å². The molecule has 3 amide bonds. The van der Waals surface area contributed by atoms with Crippen LogP contribution < -0.4 is 30.3 Å². The van der Waals surface area contributed by atoms with Gasteiger partial charge in [0.1, 0.15) is 23.2 Å². The van der Waals surface area contributed by atoms with Gasteiger partial charge in [-0.2, -0.15) is 0 Å². The fraction of sp³-hybridized carbons (Fsp3) is 0.553. The Morgan fingerprint density at radius 2 is 1.76 bits per heavy atom. The van der Waals surface area contributed by atoms with Crippen molar-refractivity contribution in [2.75, 3.05) is 18.0 Å². The number of nitrogens with one attached hydrogen (secondary N) is 3. The number of fused-ring (bicyclic) bond motifs is 1. The molecule has 2 aromatic heterocycles. The number of hydrogen-bond donors (Lipinski definition) is 3. The third-order valence-electron chi connectivity index (χ3n) is 8.22. The van der Waals surface area contributed by atoms with E-state index in [1.165, 1.54) is 18.5 Å². The van der Waals surface area contributed by atoms with E-state index < -0.39 is 34.8 Å². The Kier molecular flexibility index (Phi) is 10.3. The van der Waals surface area contributed by atoms with Gasteiger partial charge in [0, 0.05) is 66.2 Å². The van der Waals surface area contributed by atoms with Gasteiger partial charge in [0.05, 0.1) is 0 Å². The summed E-state index contributed by atoms with van der Waals surface area (Å²) >= 11 is 0. The highest BCUT2D eigenvalue weighted by molar-refractivity contribution is 5.93. The minimum Gasteiger partial charge on any atom is -0.487 e. The molecule has 0 bridgehead atoms. The van der Waals surface area contributed by atoms with E-state index in [1.54, 1.807) is 6.07 Å². The summed E-state index contributed by atoms with van der Waals surface area (Å²) in [5, 5.41) is 8.91. The van der Waals surface area contributed by atoms with Crippen molar-refractivity contribution in [1.82, 2.24) is 25.9 Å². The van der Waals surface area contributed by atoms with E-state index in [9.17, 15) is 14.4 Å². The van der Waals surface area contributed by atoms with Gasteiger partial charge >= 0.3 is 12.2 Å². The average Bonchev–Trinajstić information content (AvgIpc) is 3.58. The highest BCUT2D eigenvalue weighted by atomic mass is 16.6. The molecule has 2 aliphatic rings. The predicted molar refractivity (Wildman–Crippen MR) is 193 cm³/mol.